The van der Waals surface area contributed by atoms with E-state index in [9.17, 15) is 4.79 Å². The molecule has 1 amide bonds. The second-order valence-electron chi connectivity index (χ2n) is 5.61. The van der Waals surface area contributed by atoms with E-state index in [4.69, 9.17) is 0 Å². The molecular weight excluding hydrogens is 246 g/mol. The zero-order valence-electron chi connectivity index (χ0n) is 12.2. The molecule has 0 unspecified atom stereocenters. The molecule has 0 aromatic heterocycles. The first-order chi connectivity index (χ1) is 9.58. The van der Waals surface area contributed by atoms with E-state index in [1.165, 1.54) is 11.1 Å². The Morgan fingerprint density at radius 3 is 2.40 bits per heavy atom. The molecule has 0 spiro atoms. The minimum atomic E-state index is 0.130. The van der Waals surface area contributed by atoms with Gasteiger partial charge in [0, 0.05) is 17.8 Å². The van der Waals surface area contributed by atoms with Gasteiger partial charge in [-0.15, -0.1) is 0 Å². The lowest BCUT2D eigenvalue weighted by Gasteiger charge is -2.20. The third-order valence-corrected chi connectivity index (χ3v) is 4.02. The lowest BCUT2D eigenvalue weighted by atomic mass is 9.98. The number of hydrogen-bond donors (Lipinski definition) is 0. The van der Waals surface area contributed by atoms with Crippen LogP contribution in [0.5, 0.6) is 0 Å². The highest BCUT2D eigenvalue weighted by molar-refractivity contribution is 6.09. The van der Waals surface area contributed by atoms with Gasteiger partial charge in [-0.3, -0.25) is 4.79 Å². The van der Waals surface area contributed by atoms with Crippen LogP contribution in [0.25, 0.3) is 0 Å². The van der Waals surface area contributed by atoms with Crippen molar-refractivity contribution in [2.24, 2.45) is 0 Å². The topological polar surface area (TPSA) is 20.3 Å². The molecule has 2 heteroatoms. The van der Waals surface area contributed by atoms with E-state index < -0.39 is 0 Å². The molecule has 1 aliphatic heterocycles. The van der Waals surface area contributed by atoms with E-state index in [0.717, 1.165) is 35.3 Å². The number of rotatable bonds is 1. The van der Waals surface area contributed by atoms with Crippen LogP contribution in [0.4, 0.5) is 5.69 Å². The summed E-state index contributed by atoms with van der Waals surface area (Å²) in [6.07, 6.45) is 0.950. The maximum atomic E-state index is 12.9. The Hall–Kier alpha value is -2.09. The molecule has 0 saturated heterocycles. The van der Waals surface area contributed by atoms with Crippen molar-refractivity contribution in [3.63, 3.8) is 0 Å². The third kappa shape index (κ3) is 2.01. The quantitative estimate of drug-likeness (QED) is 0.767. The average Bonchev–Trinajstić information content (AvgIpc) is 2.81. The Bertz CT molecular complexity index is 665. The Labute approximate surface area is 120 Å². The number of nitrogens with zero attached hydrogens (tertiary/aromatic N) is 1. The number of carbonyl (C=O) groups is 1. The summed E-state index contributed by atoms with van der Waals surface area (Å²) in [6, 6.07) is 12.4. The van der Waals surface area contributed by atoms with Crippen molar-refractivity contribution in [1.82, 2.24) is 0 Å². The van der Waals surface area contributed by atoms with Gasteiger partial charge < -0.3 is 4.90 Å². The maximum absolute atomic E-state index is 12.9. The molecule has 3 rings (SSSR count). The van der Waals surface area contributed by atoms with Crippen molar-refractivity contribution in [1.29, 1.82) is 0 Å². The number of hydrogen-bond acceptors (Lipinski definition) is 1. The van der Waals surface area contributed by atoms with Crippen molar-refractivity contribution in [2.75, 3.05) is 11.4 Å². The number of benzene rings is 2. The summed E-state index contributed by atoms with van der Waals surface area (Å²) in [5, 5.41) is 0. The van der Waals surface area contributed by atoms with Crippen LogP contribution < -0.4 is 4.90 Å². The van der Waals surface area contributed by atoms with Crippen molar-refractivity contribution in [3.05, 3.63) is 64.2 Å². The molecule has 2 nitrogen and oxygen atoms in total. The Kier molecular flexibility index (Phi) is 3.09. The van der Waals surface area contributed by atoms with Crippen LogP contribution in [0.3, 0.4) is 0 Å². The number of para-hydroxylation sites is 1. The predicted molar refractivity (Wildman–Crippen MR) is 82.5 cm³/mol. The second-order valence-corrected chi connectivity index (χ2v) is 5.61. The van der Waals surface area contributed by atoms with Crippen molar-refractivity contribution >= 4 is 11.6 Å². The van der Waals surface area contributed by atoms with Gasteiger partial charge in [0.05, 0.1) is 0 Å². The summed E-state index contributed by atoms with van der Waals surface area (Å²) < 4.78 is 0. The number of carbonyl (C=O) groups excluding carboxylic acids is 1. The molecule has 0 bridgehead atoms. The van der Waals surface area contributed by atoms with Gasteiger partial charge in [-0.1, -0.05) is 35.9 Å². The normalized spacial score (nSPS) is 13.4. The van der Waals surface area contributed by atoms with Crippen LogP contribution >= 0.6 is 0 Å². The maximum Gasteiger partial charge on any atom is 0.258 e. The fourth-order valence-corrected chi connectivity index (χ4v) is 3.20. The number of anilines is 1. The molecule has 0 N–H and O–H groups in total. The summed E-state index contributed by atoms with van der Waals surface area (Å²) in [6.45, 7) is 6.90. The van der Waals surface area contributed by atoms with E-state index in [0.29, 0.717) is 0 Å². The van der Waals surface area contributed by atoms with E-state index in [2.05, 4.69) is 25.1 Å². The van der Waals surface area contributed by atoms with Crippen LogP contribution in [-0.4, -0.2) is 12.5 Å². The van der Waals surface area contributed by atoms with Gasteiger partial charge in [0.25, 0.3) is 5.91 Å². The highest BCUT2D eigenvalue weighted by atomic mass is 16.2. The number of amides is 1. The fraction of sp³-hybridized carbons (Fsp3) is 0.278. The SMILES string of the molecule is Cc1cc(C)c(C(=O)N2CCc3ccccc32)c(C)c1. The standard InChI is InChI=1S/C18H19NO/c1-12-10-13(2)17(14(3)11-12)18(20)19-9-8-15-6-4-5-7-16(15)19/h4-7,10-11H,8-9H2,1-3H3. The lowest BCUT2D eigenvalue weighted by molar-refractivity contribution is 0.0988. The fourth-order valence-electron chi connectivity index (χ4n) is 3.20. The van der Waals surface area contributed by atoms with Gasteiger partial charge in [-0.05, 0) is 49.9 Å². The molecule has 102 valence electrons. The molecule has 20 heavy (non-hydrogen) atoms. The van der Waals surface area contributed by atoms with Crippen LogP contribution in [-0.2, 0) is 6.42 Å². The Morgan fingerprint density at radius 2 is 1.70 bits per heavy atom. The summed E-state index contributed by atoms with van der Waals surface area (Å²) in [5.74, 6) is 0.130. The van der Waals surface area contributed by atoms with Gasteiger partial charge in [0.1, 0.15) is 0 Å². The second kappa shape index (κ2) is 4.78. The summed E-state index contributed by atoms with van der Waals surface area (Å²) in [7, 11) is 0. The smallest absolute Gasteiger partial charge is 0.258 e. The minimum absolute atomic E-state index is 0.130. The van der Waals surface area contributed by atoms with Gasteiger partial charge in [0.2, 0.25) is 0 Å². The monoisotopic (exact) mass is 265 g/mol. The third-order valence-electron chi connectivity index (χ3n) is 4.02. The Balaban J connectivity index is 2.03. The molecule has 0 aliphatic carbocycles. The highest BCUT2D eigenvalue weighted by Gasteiger charge is 2.26. The Morgan fingerprint density at radius 1 is 1.05 bits per heavy atom. The van der Waals surface area contributed by atoms with Crippen LogP contribution in [0, 0.1) is 20.8 Å². The molecule has 2 aromatic carbocycles. The molecule has 0 fully saturated rings. The largest absolute Gasteiger partial charge is 0.308 e. The molecule has 0 saturated carbocycles. The van der Waals surface area contributed by atoms with E-state index in [1.807, 2.05) is 36.9 Å². The first-order valence-corrected chi connectivity index (χ1v) is 7.05. The number of aryl methyl sites for hydroxylation is 3. The molecule has 0 radical (unpaired) electrons. The van der Waals surface area contributed by atoms with Crippen molar-refractivity contribution in [2.45, 2.75) is 27.2 Å². The lowest BCUT2D eigenvalue weighted by Crippen LogP contribution is -2.30. The van der Waals surface area contributed by atoms with Crippen LogP contribution in [0.2, 0.25) is 0 Å². The molecular formula is C18H19NO. The van der Waals surface area contributed by atoms with Gasteiger partial charge >= 0.3 is 0 Å². The average molecular weight is 265 g/mol. The van der Waals surface area contributed by atoms with E-state index in [1.54, 1.807) is 0 Å². The summed E-state index contributed by atoms with van der Waals surface area (Å²) in [4.78, 5) is 14.8. The molecule has 2 aromatic rings. The van der Waals surface area contributed by atoms with Crippen molar-refractivity contribution in [3.8, 4) is 0 Å². The summed E-state index contributed by atoms with van der Waals surface area (Å²) in [5.41, 5.74) is 6.53. The summed E-state index contributed by atoms with van der Waals surface area (Å²) >= 11 is 0. The zero-order chi connectivity index (χ0) is 14.3. The predicted octanol–water partition coefficient (Wildman–Crippen LogP) is 3.81. The van der Waals surface area contributed by atoms with Gasteiger partial charge in [0.15, 0.2) is 0 Å². The zero-order valence-corrected chi connectivity index (χ0v) is 12.2. The van der Waals surface area contributed by atoms with Crippen molar-refractivity contribution < 1.29 is 4.79 Å². The van der Waals surface area contributed by atoms with Crippen LogP contribution in [0.15, 0.2) is 36.4 Å². The minimum Gasteiger partial charge on any atom is -0.308 e. The molecule has 1 aliphatic rings. The first kappa shape index (κ1) is 12.9. The highest BCUT2D eigenvalue weighted by Crippen LogP contribution is 2.30. The van der Waals surface area contributed by atoms with E-state index >= 15 is 0 Å². The van der Waals surface area contributed by atoms with Gasteiger partial charge in [-0.2, -0.15) is 0 Å². The molecule has 0 atom stereocenters. The number of fused-ring (bicyclic) bond motifs is 1. The van der Waals surface area contributed by atoms with Gasteiger partial charge in [-0.25, -0.2) is 0 Å². The van der Waals surface area contributed by atoms with Crippen LogP contribution in [0.1, 0.15) is 32.6 Å². The first-order valence-electron chi connectivity index (χ1n) is 7.05. The molecule has 1 heterocycles. The van der Waals surface area contributed by atoms with E-state index in [-0.39, 0.29) is 5.91 Å².